The molecule has 156 valence electrons. The zero-order valence-corrected chi connectivity index (χ0v) is 19.2. The highest BCUT2D eigenvalue weighted by Gasteiger charge is 2.16. The molecule has 0 fully saturated rings. The van der Waals surface area contributed by atoms with Crippen molar-refractivity contribution in [2.75, 3.05) is 27.2 Å². The topological polar surface area (TPSA) is 57.5 Å². The Hall–Kier alpha value is -1.75. The highest BCUT2D eigenvalue weighted by Crippen LogP contribution is 2.18. The SMILES string of the molecule is CCNC(=NCC(c1cnn(C)c1)N(C)C)NC(C)c1ccc(F)c(F)c1.I. The van der Waals surface area contributed by atoms with Crippen molar-refractivity contribution in [2.45, 2.75) is 25.9 Å². The third kappa shape index (κ3) is 6.69. The van der Waals surface area contributed by atoms with Gasteiger partial charge in [-0.2, -0.15) is 5.10 Å². The minimum absolute atomic E-state index is 0. The number of nitrogens with zero attached hydrogens (tertiary/aromatic N) is 4. The highest BCUT2D eigenvalue weighted by molar-refractivity contribution is 14.0. The lowest BCUT2D eigenvalue weighted by atomic mass is 10.1. The largest absolute Gasteiger partial charge is 0.357 e. The van der Waals surface area contributed by atoms with Gasteiger partial charge in [0.25, 0.3) is 0 Å². The maximum Gasteiger partial charge on any atom is 0.191 e. The number of rotatable bonds is 7. The van der Waals surface area contributed by atoms with Gasteiger partial charge in [0.05, 0.1) is 24.8 Å². The summed E-state index contributed by atoms with van der Waals surface area (Å²) in [6, 6.07) is 3.76. The Balaban J connectivity index is 0.00000392. The van der Waals surface area contributed by atoms with E-state index in [0.717, 1.165) is 11.6 Å². The summed E-state index contributed by atoms with van der Waals surface area (Å²) in [5.41, 5.74) is 1.73. The predicted molar refractivity (Wildman–Crippen MR) is 119 cm³/mol. The van der Waals surface area contributed by atoms with Crippen LogP contribution in [0.15, 0.2) is 35.6 Å². The van der Waals surface area contributed by atoms with Gasteiger partial charge in [-0.3, -0.25) is 9.67 Å². The van der Waals surface area contributed by atoms with Gasteiger partial charge in [0.1, 0.15) is 0 Å². The van der Waals surface area contributed by atoms with Crippen molar-refractivity contribution < 1.29 is 8.78 Å². The number of hydrogen-bond donors (Lipinski definition) is 2. The molecule has 0 aliphatic rings. The molecule has 2 atom stereocenters. The Kier molecular flexibility index (Phi) is 9.80. The Morgan fingerprint density at radius 3 is 2.50 bits per heavy atom. The Morgan fingerprint density at radius 2 is 1.96 bits per heavy atom. The van der Waals surface area contributed by atoms with E-state index >= 15 is 0 Å². The van der Waals surface area contributed by atoms with Crippen LogP contribution in [0.1, 0.15) is 37.1 Å². The second-order valence-electron chi connectivity index (χ2n) is 6.69. The zero-order chi connectivity index (χ0) is 20.0. The van der Waals surface area contributed by atoms with Crippen LogP contribution in [0, 0.1) is 11.6 Å². The molecular formula is C19H29F2IN6. The minimum Gasteiger partial charge on any atom is -0.357 e. The smallest absolute Gasteiger partial charge is 0.191 e. The molecule has 0 saturated carbocycles. The lowest BCUT2D eigenvalue weighted by Crippen LogP contribution is -2.39. The van der Waals surface area contributed by atoms with Crippen LogP contribution < -0.4 is 10.6 Å². The van der Waals surface area contributed by atoms with Crippen molar-refractivity contribution in [2.24, 2.45) is 12.0 Å². The van der Waals surface area contributed by atoms with Crippen LogP contribution in [0.5, 0.6) is 0 Å². The number of nitrogens with one attached hydrogen (secondary N) is 2. The Morgan fingerprint density at radius 1 is 1.25 bits per heavy atom. The van der Waals surface area contributed by atoms with Crippen molar-refractivity contribution in [1.29, 1.82) is 0 Å². The summed E-state index contributed by atoms with van der Waals surface area (Å²) in [7, 11) is 5.88. The first kappa shape index (κ1) is 24.3. The first-order valence-electron chi connectivity index (χ1n) is 8.96. The third-order valence-corrected chi connectivity index (χ3v) is 4.30. The maximum atomic E-state index is 13.5. The monoisotopic (exact) mass is 506 g/mol. The summed E-state index contributed by atoms with van der Waals surface area (Å²) >= 11 is 0. The van der Waals surface area contributed by atoms with Crippen molar-refractivity contribution in [1.82, 2.24) is 25.3 Å². The van der Waals surface area contributed by atoms with Crippen molar-refractivity contribution in [3.05, 3.63) is 53.4 Å². The van der Waals surface area contributed by atoms with E-state index in [-0.39, 0.29) is 36.1 Å². The molecule has 0 saturated heterocycles. The number of guanidine groups is 1. The summed E-state index contributed by atoms with van der Waals surface area (Å²) in [5, 5.41) is 10.7. The van der Waals surface area contributed by atoms with Gasteiger partial charge in [-0.1, -0.05) is 6.07 Å². The normalized spacial score (nSPS) is 13.8. The highest BCUT2D eigenvalue weighted by atomic mass is 127. The van der Waals surface area contributed by atoms with Gasteiger partial charge in [-0.25, -0.2) is 8.78 Å². The van der Waals surface area contributed by atoms with Crippen LogP contribution in [0.2, 0.25) is 0 Å². The number of halogens is 3. The number of aliphatic imine (C=N–C) groups is 1. The third-order valence-electron chi connectivity index (χ3n) is 4.30. The van der Waals surface area contributed by atoms with Crippen LogP contribution in [-0.4, -0.2) is 47.8 Å². The van der Waals surface area contributed by atoms with E-state index in [9.17, 15) is 8.78 Å². The molecule has 1 heterocycles. The summed E-state index contributed by atoms with van der Waals surface area (Å²) in [6.45, 7) is 5.07. The molecule has 0 bridgehead atoms. The van der Waals surface area contributed by atoms with Crippen LogP contribution in [0.4, 0.5) is 8.78 Å². The number of aryl methyl sites for hydroxylation is 1. The molecule has 0 amide bonds. The molecule has 6 nitrogen and oxygen atoms in total. The molecule has 0 spiro atoms. The molecule has 0 aliphatic heterocycles. The second kappa shape index (κ2) is 11.3. The molecule has 0 aliphatic carbocycles. The Labute approximate surface area is 182 Å². The summed E-state index contributed by atoms with van der Waals surface area (Å²) < 4.78 is 28.4. The fourth-order valence-corrected chi connectivity index (χ4v) is 2.75. The molecule has 0 radical (unpaired) electrons. The van der Waals surface area contributed by atoms with Crippen molar-refractivity contribution >= 4 is 29.9 Å². The first-order chi connectivity index (χ1) is 12.8. The molecule has 2 rings (SSSR count). The van der Waals surface area contributed by atoms with Gasteiger partial charge in [-0.05, 0) is 45.6 Å². The van der Waals surface area contributed by atoms with Gasteiger partial charge in [0.2, 0.25) is 0 Å². The number of benzene rings is 1. The molecule has 2 N–H and O–H groups in total. The molecule has 28 heavy (non-hydrogen) atoms. The molecule has 1 aromatic heterocycles. The van der Waals surface area contributed by atoms with E-state index in [0.29, 0.717) is 24.6 Å². The van der Waals surface area contributed by atoms with Crippen LogP contribution in [-0.2, 0) is 7.05 Å². The van der Waals surface area contributed by atoms with Gasteiger partial charge in [0.15, 0.2) is 17.6 Å². The fraction of sp³-hybridized carbons (Fsp3) is 0.474. The lowest BCUT2D eigenvalue weighted by molar-refractivity contribution is 0.306. The molecular weight excluding hydrogens is 477 g/mol. The standard InChI is InChI=1S/C19H28F2N6.HI/c1-6-22-19(25-13(2)14-7-8-16(20)17(21)9-14)23-11-18(26(3)4)15-10-24-27(5)12-15;/h7-10,12-13,18H,6,11H2,1-5H3,(H2,22,23,25);1H. The maximum absolute atomic E-state index is 13.5. The van der Waals surface area contributed by atoms with Crippen molar-refractivity contribution in [3.8, 4) is 0 Å². The molecule has 9 heteroatoms. The van der Waals surface area contributed by atoms with Gasteiger partial charge in [-0.15, -0.1) is 24.0 Å². The van der Waals surface area contributed by atoms with Gasteiger partial charge < -0.3 is 15.5 Å². The van der Waals surface area contributed by atoms with Crippen LogP contribution in [0.25, 0.3) is 0 Å². The summed E-state index contributed by atoms with van der Waals surface area (Å²) in [5.74, 6) is -1.09. The average molecular weight is 506 g/mol. The lowest BCUT2D eigenvalue weighted by Gasteiger charge is -2.23. The van der Waals surface area contributed by atoms with E-state index in [4.69, 9.17) is 0 Å². The van der Waals surface area contributed by atoms with Crippen LogP contribution >= 0.6 is 24.0 Å². The van der Waals surface area contributed by atoms with E-state index in [1.165, 1.54) is 6.07 Å². The van der Waals surface area contributed by atoms with Gasteiger partial charge in [0, 0.05) is 25.4 Å². The molecule has 2 unspecified atom stereocenters. The van der Waals surface area contributed by atoms with E-state index in [1.54, 1.807) is 10.7 Å². The quantitative estimate of drug-likeness (QED) is 0.344. The summed E-state index contributed by atoms with van der Waals surface area (Å²) in [4.78, 5) is 6.76. The second-order valence-corrected chi connectivity index (χ2v) is 6.69. The fourth-order valence-electron chi connectivity index (χ4n) is 2.75. The zero-order valence-electron chi connectivity index (χ0n) is 16.9. The van der Waals surface area contributed by atoms with E-state index in [2.05, 4.69) is 25.6 Å². The minimum atomic E-state index is -0.854. The Bertz CT molecular complexity index is 778. The number of aromatic nitrogens is 2. The molecule has 2 aromatic rings. The van der Waals surface area contributed by atoms with Crippen LogP contribution in [0.3, 0.4) is 0 Å². The number of hydrogen-bond acceptors (Lipinski definition) is 3. The predicted octanol–water partition coefficient (Wildman–Crippen LogP) is 3.24. The molecule has 1 aromatic carbocycles. The average Bonchev–Trinajstić information content (AvgIpc) is 3.03. The van der Waals surface area contributed by atoms with E-state index in [1.807, 2.05) is 47.4 Å². The first-order valence-corrected chi connectivity index (χ1v) is 8.96. The number of likely N-dealkylation sites (N-methyl/N-ethyl adjacent to an activating group) is 1. The van der Waals surface area contributed by atoms with Gasteiger partial charge >= 0.3 is 0 Å². The van der Waals surface area contributed by atoms with Crippen molar-refractivity contribution in [3.63, 3.8) is 0 Å². The summed E-state index contributed by atoms with van der Waals surface area (Å²) in [6.07, 6.45) is 3.81. The van der Waals surface area contributed by atoms with E-state index < -0.39 is 11.6 Å².